The second-order valence-corrected chi connectivity index (χ2v) is 8.79. The van der Waals surface area contributed by atoms with E-state index in [9.17, 15) is 13.2 Å². The van der Waals surface area contributed by atoms with Crippen molar-refractivity contribution in [3.8, 4) is 17.2 Å². The van der Waals surface area contributed by atoms with Gasteiger partial charge in [0.1, 0.15) is 12.3 Å². The summed E-state index contributed by atoms with van der Waals surface area (Å²) in [5.74, 6) is 0.553. The molecule has 10 heteroatoms. The van der Waals surface area contributed by atoms with Gasteiger partial charge in [0, 0.05) is 6.07 Å². The summed E-state index contributed by atoms with van der Waals surface area (Å²) in [6.45, 7) is -0.505. The Labute approximate surface area is 198 Å². The van der Waals surface area contributed by atoms with Crippen molar-refractivity contribution in [2.45, 2.75) is 4.90 Å². The van der Waals surface area contributed by atoms with Gasteiger partial charge in [0.2, 0.25) is 0 Å². The van der Waals surface area contributed by atoms with Gasteiger partial charge >= 0.3 is 0 Å². The van der Waals surface area contributed by atoms with Crippen LogP contribution in [0.5, 0.6) is 17.2 Å². The monoisotopic (exact) mass is 483 g/mol. The molecule has 3 aromatic rings. The largest absolute Gasteiger partial charge is 0.497 e. The maximum Gasteiger partial charge on any atom is 0.264 e. The summed E-state index contributed by atoms with van der Waals surface area (Å²) in [6, 6.07) is 19.7. The first-order chi connectivity index (χ1) is 16.4. The highest BCUT2D eigenvalue weighted by molar-refractivity contribution is 7.92. The number of nitrogens with zero attached hydrogens (tertiary/aromatic N) is 2. The van der Waals surface area contributed by atoms with Crippen LogP contribution in [-0.4, -0.2) is 48.4 Å². The summed E-state index contributed by atoms with van der Waals surface area (Å²) >= 11 is 0. The predicted octanol–water partition coefficient (Wildman–Crippen LogP) is 3.06. The molecule has 0 unspecified atom stereocenters. The van der Waals surface area contributed by atoms with Crippen molar-refractivity contribution in [1.82, 2.24) is 5.43 Å². The van der Waals surface area contributed by atoms with E-state index >= 15 is 0 Å². The molecule has 0 saturated carbocycles. The van der Waals surface area contributed by atoms with Crippen molar-refractivity contribution in [3.05, 3.63) is 78.4 Å². The number of hydrogen-bond acceptors (Lipinski definition) is 7. The minimum atomic E-state index is -4.16. The second kappa shape index (κ2) is 11.2. The molecule has 178 valence electrons. The van der Waals surface area contributed by atoms with E-state index in [0.29, 0.717) is 11.5 Å². The lowest BCUT2D eigenvalue weighted by Gasteiger charge is -2.24. The highest BCUT2D eigenvalue weighted by Crippen LogP contribution is 2.32. The molecule has 0 aliphatic heterocycles. The van der Waals surface area contributed by atoms with E-state index in [1.54, 1.807) is 24.3 Å². The summed E-state index contributed by atoms with van der Waals surface area (Å²) in [4.78, 5) is 12.6. The van der Waals surface area contributed by atoms with Crippen LogP contribution in [0.25, 0.3) is 0 Å². The van der Waals surface area contributed by atoms with Gasteiger partial charge < -0.3 is 14.2 Å². The molecule has 1 amide bonds. The lowest BCUT2D eigenvalue weighted by Crippen LogP contribution is -2.39. The molecule has 3 rings (SSSR count). The van der Waals surface area contributed by atoms with Crippen LogP contribution in [0.2, 0.25) is 0 Å². The van der Waals surface area contributed by atoms with Crippen LogP contribution in [0.1, 0.15) is 5.56 Å². The van der Waals surface area contributed by atoms with Crippen LogP contribution in [0.4, 0.5) is 5.69 Å². The number of hydrazone groups is 1. The molecule has 0 radical (unpaired) electrons. The Morgan fingerprint density at radius 2 is 1.59 bits per heavy atom. The van der Waals surface area contributed by atoms with Crippen molar-refractivity contribution in [2.75, 3.05) is 32.2 Å². The first-order valence-electron chi connectivity index (χ1n) is 10.1. The maximum atomic E-state index is 13.6. The predicted molar refractivity (Wildman–Crippen MR) is 129 cm³/mol. The molecule has 0 heterocycles. The number of carbonyl (C=O) groups excluding carboxylic acids is 1. The van der Waals surface area contributed by atoms with Gasteiger partial charge in [0.05, 0.1) is 38.1 Å². The smallest absolute Gasteiger partial charge is 0.264 e. The van der Waals surface area contributed by atoms with E-state index in [-0.39, 0.29) is 16.3 Å². The van der Waals surface area contributed by atoms with Gasteiger partial charge in [-0.2, -0.15) is 5.10 Å². The van der Waals surface area contributed by atoms with Gasteiger partial charge in [-0.15, -0.1) is 0 Å². The molecule has 1 N–H and O–H groups in total. The van der Waals surface area contributed by atoms with Gasteiger partial charge in [-0.25, -0.2) is 13.8 Å². The number of rotatable bonds is 10. The number of benzene rings is 3. The van der Waals surface area contributed by atoms with Crippen LogP contribution in [0, 0.1) is 0 Å². The number of amides is 1. The minimum Gasteiger partial charge on any atom is -0.497 e. The zero-order chi connectivity index (χ0) is 24.6. The molecular weight excluding hydrogens is 458 g/mol. The average Bonchev–Trinajstić information content (AvgIpc) is 2.87. The summed E-state index contributed by atoms with van der Waals surface area (Å²) in [5, 5.41) is 3.92. The first kappa shape index (κ1) is 24.6. The summed E-state index contributed by atoms with van der Waals surface area (Å²) < 4.78 is 43.7. The molecule has 0 fully saturated rings. The Balaban J connectivity index is 1.91. The zero-order valence-electron chi connectivity index (χ0n) is 19.0. The number of sulfonamides is 1. The highest BCUT2D eigenvalue weighted by Gasteiger charge is 2.28. The van der Waals surface area contributed by atoms with Crippen molar-refractivity contribution in [1.29, 1.82) is 0 Å². The SMILES string of the molecule is COc1ccc(N(CC(=O)N/N=C/c2ccccc2)S(=O)(=O)c2ccc(OC)c(OC)c2)cc1. The maximum absolute atomic E-state index is 13.6. The molecule has 34 heavy (non-hydrogen) atoms. The van der Waals surface area contributed by atoms with Crippen LogP contribution in [0.15, 0.2) is 82.8 Å². The minimum absolute atomic E-state index is 0.0680. The normalized spacial score (nSPS) is 11.1. The molecule has 0 atom stereocenters. The van der Waals surface area contributed by atoms with Crippen LogP contribution >= 0.6 is 0 Å². The molecule has 0 spiro atoms. The topological polar surface area (TPSA) is 107 Å². The molecule has 3 aromatic carbocycles. The number of anilines is 1. The lowest BCUT2D eigenvalue weighted by molar-refractivity contribution is -0.119. The van der Waals surface area contributed by atoms with E-state index in [0.717, 1.165) is 9.87 Å². The fraction of sp³-hybridized carbons (Fsp3) is 0.167. The van der Waals surface area contributed by atoms with Gasteiger partial charge in [0.25, 0.3) is 15.9 Å². The number of hydrogen-bond donors (Lipinski definition) is 1. The molecular formula is C24H25N3O6S. The fourth-order valence-corrected chi connectivity index (χ4v) is 4.49. The summed E-state index contributed by atoms with van der Waals surface area (Å²) in [6.07, 6.45) is 1.47. The zero-order valence-corrected chi connectivity index (χ0v) is 19.8. The standard InChI is InChI=1S/C24H25N3O6S/c1-31-20-11-9-19(10-12-20)27(17-24(28)26-25-16-18-7-5-4-6-8-18)34(29,30)21-13-14-22(32-2)23(15-21)33-3/h4-16H,17H2,1-3H3,(H,26,28)/b25-16+. The molecule has 0 bridgehead atoms. The quantitative estimate of drug-likeness (QED) is 0.351. The van der Waals surface area contributed by atoms with E-state index in [4.69, 9.17) is 14.2 Å². The molecule has 0 aliphatic carbocycles. The van der Waals surface area contributed by atoms with Gasteiger partial charge in [-0.3, -0.25) is 9.10 Å². The van der Waals surface area contributed by atoms with Crippen molar-refractivity contribution < 1.29 is 27.4 Å². The molecule has 0 aromatic heterocycles. The van der Waals surface area contributed by atoms with Crippen molar-refractivity contribution in [2.24, 2.45) is 5.10 Å². The Morgan fingerprint density at radius 3 is 2.21 bits per heavy atom. The number of carbonyl (C=O) groups is 1. The van der Waals surface area contributed by atoms with Crippen LogP contribution < -0.4 is 23.9 Å². The molecule has 9 nitrogen and oxygen atoms in total. The van der Waals surface area contributed by atoms with E-state index in [2.05, 4.69) is 10.5 Å². The molecule has 0 saturated heterocycles. The third kappa shape index (κ3) is 5.84. The van der Waals surface area contributed by atoms with Crippen molar-refractivity contribution >= 4 is 27.8 Å². The van der Waals surface area contributed by atoms with E-state index in [1.165, 1.54) is 45.7 Å². The first-order valence-corrected chi connectivity index (χ1v) is 11.6. The van der Waals surface area contributed by atoms with Gasteiger partial charge in [-0.1, -0.05) is 30.3 Å². The number of nitrogens with one attached hydrogen (secondary N) is 1. The van der Waals surface area contributed by atoms with Gasteiger partial charge in [-0.05, 0) is 42.0 Å². The third-order valence-electron chi connectivity index (χ3n) is 4.79. The average molecular weight is 484 g/mol. The van der Waals surface area contributed by atoms with E-state index in [1.807, 2.05) is 30.3 Å². The van der Waals surface area contributed by atoms with Crippen molar-refractivity contribution in [3.63, 3.8) is 0 Å². The number of methoxy groups -OCH3 is 3. The van der Waals surface area contributed by atoms with E-state index < -0.39 is 22.5 Å². The lowest BCUT2D eigenvalue weighted by atomic mass is 10.2. The third-order valence-corrected chi connectivity index (χ3v) is 6.56. The summed E-state index contributed by atoms with van der Waals surface area (Å²) in [5.41, 5.74) is 3.43. The highest BCUT2D eigenvalue weighted by atomic mass is 32.2. The van der Waals surface area contributed by atoms with Crippen LogP contribution in [0.3, 0.4) is 0 Å². The second-order valence-electron chi connectivity index (χ2n) is 6.93. The fourth-order valence-electron chi connectivity index (χ4n) is 3.05. The van der Waals surface area contributed by atoms with Gasteiger partial charge in [0.15, 0.2) is 11.5 Å². The Morgan fingerprint density at radius 1 is 0.912 bits per heavy atom. The Hall–Kier alpha value is -4.05. The summed E-state index contributed by atoms with van der Waals surface area (Å²) in [7, 11) is 0.211. The van der Waals surface area contributed by atoms with Crippen LogP contribution in [-0.2, 0) is 14.8 Å². The molecule has 0 aliphatic rings. The Kier molecular flexibility index (Phi) is 8.10. The Bertz CT molecular complexity index is 1250. The number of ether oxygens (including phenoxy) is 3.